The average molecular weight is 154 g/mol. The molecule has 0 aliphatic carbocycles. The first-order valence-electron chi connectivity index (χ1n) is 2.81. The highest BCUT2D eigenvalue weighted by molar-refractivity contribution is 6.29. The second kappa shape index (κ2) is 1.95. The lowest BCUT2D eigenvalue weighted by Gasteiger charge is -1.85. The number of halogens is 1. The zero-order valence-corrected chi connectivity index (χ0v) is 5.78. The molecule has 2 aromatic heterocycles. The van der Waals surface area contributed by atoms with Crippen LogP contribution >= 0.6 is 11.6 Å². The Morgan fingerprint density at radius 2 is 2.40 bits per heavy atom. The molecular formula is C6H4ClN3. The molecule has 0 amide bonds. The van der Waals surface area contributed by atoms with Crippen LogP contribution in [0.1, 0.15) is 0 Å². The fraction of sp³-hybridized carbons (Fsp3) is 0. The van der Waals surface area contributed by atoms with E-state index in [1.807, 2.05) is 6.07 Å². The summed E-state index contributed by atoms with van der Waals surface area (Å²) in [6, 6.07) is 3.63. The van der Waals surface area contributed by atoms with Crippen LogP contribution in [0.15, 0.2) is 24.7 Å². The number of hydrogen-bond acceptors (Lipinski definition) is 2. The van der Waals surface area contributed by atoms with Gasteiger partial charge in [0.25, 0.3) is 0 Å². The standard InChI is InChI=1S/C6H4ClN3/c7-6-3-5-1-2-8-4-10(5)9-6/h1-4H. The van der Waals surface area contributed by atoms with Crippen molar-refractivity contribution in [2.45, 2.75) is 0 Å². The summed E-state index contributed by atoms with van der Waals surface area (Å²) < 4.78 is 1.63. The summed E-state index contributed by atoms with van der Waals surface area (Å²) in [7, 11) is 0. The minimum atomic E-state index is 0.494. The Kier molecular flexibility index (Phi) is 1.11. The predicted octanol–water partition coefficient (Wildman–Crippen LogP) is 1.38. The van der Waals surface area contributed by atoms with Gasteiger partial charge in [0.2, 0.25) is 0 Å². The fourth-order valence-electron chi connectivity index (χ4n) is 0.816. The van der Waals surface area contributed by atoms with Crippen molar-refractivity contribution in [1.82, 2.24) is 14.6 Å². The minimum absolute atomic E-state index is 0.494. The summed E-state index contributed by atoms with van der Waals surface area (Å²) in [5, 5.41) is 4.43. The van der Waals surface area contributed by atoms with Crippen LogP contribution in [0.25, 0.3) is 5.52 Å². The van der Waals surface area contributed by atoms with Gasteiger partial charge in [-0.15, -0.1) is 0 Å². The number of fused-ring (bicyclic) bond motifs is 1. The fourth-order valence-corrected chi connectivity index (χ4v) is 1.01. The number of nitrogens with zero attached hydrogens (tertiary/aromatic N) is 3. The van der Waals surface area contributed by atoms with E-state index in [9.17, 15) is 0 Å². The first kappa shape index (κ1) is 5.68. The minimum Gasteiger partial charge on any atom is -0.245 e. The molecular weight excluding hydrogens is 150 g/mol. The van der Waals surface area contributed by atoms with Crippen LogP contribution in [0.4, 0.5) is 0 Å². The molecule has 50 valence electrons. The van der Waals surface area contributed by atoms with Crippen molar-refractivity contribution in [3.8, 4) is 0 Å². The van der Waals surface area contributed by atoms with E-state index in [1.165, 1.54) is 0 Å². The topological polar surface area (TPSA) is 30.2 Å². The molecule has 0 unspecified atom stereocenters. The third kappa shape index (κ3) is 0.752. The number of aromatic nitrogens is 3. The van der Waals surface area contributed by atoms with Crippen molar-refractivity contribution in [1.29, 1.82) is 0 Å². The molecule has 0 fully saturated rings. The second-order valence-corrected chi connectivity index (χ2v) is 2.30. The van der Waals surface area contributed by atoms with Crippen molar-refractivity contribution in [3.63, 3.8) is 0 Å². The number of rotatable bonds is 0. The lowest BCUT2D eigenvalue weighted by Crippen LogP contribution is -1.85. The molecule has 2 rings (SSSR count). The molecule has 0 aliphatic heterocycles. The summed E-state index contributed by atoms with van der Waals surface area (Å²) >= 11 is 5.62. The SMILES string of the molecule is Clc1cc2ccncn2n1. The highest BCUT2D eigenvalue weighted by atomic mass is 35.5. The van der Waals surface area contributed by atoms with E-state index in [1.54, 1.807) is 23.1 Å². The van der Waals surface area contributed by atoms with Gasteiger partial charge in [-0.3, -0.25) is 0 Å². The van der Waals surface area contributed by atoms with Gasteiger partial charge >= 0.3 is 0 Å². The molecule has 0 saturated heterocycles. The van der Waals surface area contributed by atoms with Crippen molar-refractivity contribution in [3.05, 3.63) is 29.8 Å². The molecule has 0 aliphatic rings. The first-order chi connectivity index (χ1) is 4.86. The van der Waals surface area contributed by atoms with E-state index in [0.29, 0.717) is 5.15 Å². The maximum atomic E-state index is 5.62. The summed E-state index contributed by atoms with van der Waals surface area (Å²) in [5.74, 6) is 0. The zero-order chi connectivity index (χ0) is 6.97. The molecule has 0 aromatic carbocycles. The summed E-state index contributed by atoms with van der Waals surface area (Å²) in [6.07, 6.45) is 3.31. The van der Waals surface area contributed by atoms with Crippen LogP contribution in [-0.4, -0.2) is 14.6 Å². The van der Waals surface area contributed by atoms with E-state index in [0.717, 1.165) is 5.52 Å². The predicted molar refractivity (Wildman–Crippen MR) is 38.0 cm³/mol. The molecule has 0 atom stereocenters. The van der Waals surface area contributed by atoms with Gasteiger partial charge in [0.15, 0.2) is 5.15 Å². The van der Waals surface area contributed by atoms with Gasteiger partial charge < -0.3 is 0 Å². The molecule has 0 spiro atoms. The number of hydrogen-bond donors (Lipinski definition) is 0. The van der Waals surface area contributed by atoms with Gasteiger partial charge in [-0.1, -0.05) is 11.6 Å². The van der Waals surface area contributed by atoms with Gasteiger partial charge in [-0.05, 0) is 6.07 Å². The third-order valence-corrected chi connectivity index (χ3v) is 1.43. The molecule has 0 N–H and O–H groups in total. The lowest BCUT2D eigenvalue weighted by atomic mass is 10.5. The summed E-state index contributed by atoms with van der Waals surface area (Å²) in [6.45, 7) is 0. The normalized spacial score (nSPS) is 10.5. The van der Waals surface area contributed by atoms with Crippen molar-refractivity contribution >= 4 is 17.1 Å². The Morgan fingerprint density at radius 1 is 1.50 bits per heavy atom. The van der Waals surface area contributed by atoms with Crippen molar-refractivity contribution in [2.24, 2.45) is 0 Å². The summed E-state index contributed by atoms with van der Waals surface area (Å²) in [5.41, 5.74) is 0.958. The molecule has 0 bridgehead atoms. The Hall–Kier alpha value is -1.09. The Balaban J connectivity index is 2.88. The van der Waals surface area contributed by atoms with E-state index in [2.05, 4.69) is 10.1 Å². The van der Waals surface area contributed by atoms with E-state index >= 15 is 0 Å². The van der Waals surface area contributed by atoms with Gasteiger partial charge in [0.1, 0.15) is 6.33 Å². The lowest BCUT2D eigenvalue weighted by molar-refractivity contribution is 0.922. The molecule has 10 heavy (non-hydrogen) atoms. The molecule has 3 nitrogen and oxygen atoms in total. The van der Waals surface area contributed by atoms with E-state index in [4.69, 9.17) is 11.6 Å². The van der Waals surface area contributed by atoms with Gasteiger partial charge in [-0.2, -0.15) is 5.10 Å². The van der Waals surface area contributed by atoms with Gasteiger partial charge in [0, 0.05) is 12.3 Å². The Morgan fingerprint density at radius 3 is 3.20 bits per heavy atom. The van der Waals surface area contributed by atoms with Crippen molar-refractivity contribution in [2.75, 3.05) is 0 Å². The highest BCUT2D eigenvalue weighted by Gasteiger charge is 1.94. The zero-order valence-electron chi connectivity index (χ0n) is 5.03. The monoisotopic (exact) mass is 153 g/mol. The molecule has 4 heteroatoms. The highest BCUT2D eigenvalue weighted by Crippen LogP contribution is 2.08. The summed E-state index contributed by atoms with van der Waals surface area (Å²) in [4.78, 5) is 3.87. The maximum Gasteiger partial charge on any atom is 0.152 e. The molecule has 2 aromatic rings. The smallest absolute Gasteiger partial charge is 0.152 e. The van der Waals surface area contributed by atoms with E-state index < -0.39 is 0 Å². The Labute approximate surface area is 62.3 Å². The Bertz CT molecular complexity index is 322. The molecule has 0 radical (unpaired) electrons. The largest absolute Gasteiger partial charge is 0.245 e. The van der Waals surface area contributed by atoms with E-state index in [-0.39, 0.29) is 0 Å². The second-order valence-electron chi connectivity index (χ2n) is 1.92. The van der Waals surface area contributed by atoms with Crippen LogP contribution in [0, 0.1) is 0 Å². The average Bonchev–Trinajstić information content (AvgIpc) is 2.27. The maximum absolute atomic E-state index is 5.62. The van der Waals surface area contributed by atoms with Crippen LogP contribution in [0.2, 0.25) is 5.15 Å². The van der Waals surface area contributed by atoms with Crippen LogP contribution in [0.3, 0.4) is 0 Å². The first-order valence-corrected chi connectivity index (χ1v) is 3.19. The third-order valence-electron chi connectivity index (χ3n) is 1.24. The van der Waals surface area contributed by atoms with Crippen LogP contribution in [-0.2, 0) is 0 Å². The van der Waals surface area contributed by atoms with Crippen molar-refractivity contribution < 1.29 is 0 Å². The van der Waals surface area contributed by atoms with Crippen LogP contribution < -0.4 is 0 Å². The molecule has 2 heterocycles. The van der Waals surface area contributed by atoms with Crippen LogP contribution in [0.5, 0.6) is 0 Å². The molecule has 0 saturated carbocycles. The quantitative estimate of drug-likeness (QED) is 0.573. The van der Waals surface area contributed by atoms with Gasteiger partial charge in [0.05, 0.1) is 5.52 Å². The van der Waals surface area contributed by atoms with Gasteiger partial charge in [-0.25, -0.2) is 9.50 Å².